The fraction of sp³-hybridized carbons (Fsp3) is 0. The summed E-state index contributed by atoms with van der Waals surface area (Å²) in [6.07, 6.45) is 1.71. The monoisotopic (exact) mass is 298 g/mol. The van der Waals surface area contributed by atoms with E-state index < -0.39 is 0 Å². The molecule has 0 aliphatic heterocycles. The Morgan fingerprint density at radius 3 is 2.94 bits per heavy atom. The quantitative estimate of drug-likeness (QED) is 0.750. The third-order valence-electron chi connectivity index (χ3n) is 2.70. The van der Waals surface area contributed by atoms with Gasteiger partial charge in [-0.3, -0.25) is 5.10 Å². The van der Waals surface area contributed by atoms with Crippen LogP contribution in [0.5, 0.6) is 0 Å². The van der Waals surface area contributed by atoms with Crippen molar-refractivity contribution in [2.45, 2.75) is 0 Å². The molecule has 0 aliphatic carbocycles. The Hall–Kier alpha value is -2.19. The molecule has 0 saturated heterocycles. The lowest BCUT2D eigenvalue weighted by molar-refractivity contribution is 1.08. The van der Waals surface area contributed by atoms with E-state index in [9.17, 15) is 0 Å². The van der Waals surface area contributed by atoms with E-state index in [0.29, 0.717) is 11.3 Å². The number of aromatic amines is 1. The van der Waals surface area contributed by atoms with E-state index in [4.69, 9.17) is 5.26 Å². The molecule has 0 unspecified atom stereocenters. The van der Waals surface area contributed by atoms with Gasteiger partial charge in [-0.05, 0) is 29.3 Å². The summed E-state index contributed by atoms with van der Waals surface area (Å²) in [6.45, 7) is 0. The molecule has 1 aromatic carbocycles. The standard InChI is InChI=1S/C13H7BrN4/c14-9-3-1-2-8(6-9)10-4-5-16-13-12(10)11(7-15)17-18-13/h1-6H,(H,16,17,18). The lowest BCUT2D eigenvalue weighted by Gasteiger charge is -2.03. The van der Waals surface area contributed by atoms with Gasteiger partial charge >= 0.3 is 0 Å². The average Bonchev–Trinajstić information content (AvgIpc) is 2.81. The van der Waals surface area contributed by atoms with Crippen LogP contribution < -0.4 is 0 Å². The van der Waals surface area contributed by atoms with E-state index in [2.05, 4.69) is 37.2 Å². The van der Waals surface area contributed by atoms with Crippen molar-refractivity contribution < 1.29 is 0 Å². The summed E-state index contributed by atoms with van der Waals surface area (Å²) >= 11 is 3.45. The molecule has 3 rings (SSSR count). The molecule has 0 spiro atoms. The molecule has 3 aromatic rings. The van der Waals surface area contributed by atoms with Gasteiger partial charge in [0.05, 0.1) is 5.39 Å². The van der Waals surface area contributed by atoms with E-state index in [1.165, 1.54) is 0 Å². The summed E-state index contributed by atoms with van der Waals surface area (Å²) in [5.74, 6) is 0. The van der Waals surface area contributed by atoms with Crippen LogP contribution in [-0.2, 0) is 0 Å². The van der Waals surface area contributed by atoms with Gasteiger partial charge in [-0.1, -0.05) is 28.1 Å². The van der Waals surface area contributed by atoms with Crippen molar-refractivity contribution in [1.29, 1.82) is 5.26 Å². The Morgan fingerprint density at radius 2 is 2.17 bits per heavy atom. The largest absolute Gasteiger partial charge is 0.259 e. The molecule has 0 amide bonds. The zero-order valence-corrected chi connectivity index (χ0v) is 10.8. The third kappa shape index (κ3) is 1.67. The van der Waals surface area contributed by atoms with E-state index in [-0.39, 0.29) is 0 Å². The first kappa shape index (κ1) is 10.9. The van der Waals surface area contributed by atoms with Crippen molar-refractivity contribution in [3.8, 4) is 17.2 Å². The van der Waals surface area contributed by atoms with Crippen molar-refractivity contribution in [2.24, 2.45) is 0 Å². The minimum atomic E-state index is 0.369. The molecule has 0 fully saturated rings. The summed E-state index contributed by atoms with van der Waals surface area (Å²) in [5.41, 5.74) is 2.97. The zero-order chi connectivity index (χ0) is 12.5. The maximum atomic E-state index is 9.08. The minimum Gasteiger partial charge on any atom is -0.259 e. The molecule has 2 aromatic heterocycles. The summed E-state index contributed by atoms with van der Waals surface area (Å²) in [6, 6.07) is 11.9. The molecule has 2 heterocycles. The van der Waals surface area contributed by atoms with Crippen LogP contribution in [0.25, 0.3) is 22.2 Å². The lowest BCUT2D eigenvalue weighted by Crippen LogP contribution is -1.84. The summed E-state index contributed by atoms with van der Waals surface area (Å²) in [7, 11) is 0. The Kier molecular flexibility index (Phi) is 2.58. The number of aromatic nitrogens is 3. The normalized spacial score (nSPS) is 10.4. The molecule has 0 saturated carbocycles. The highest BCUT2D eigenvalue weighted by atomic mass is 79.9. The van der Waals surface area contributed by atoms with Crippen LogP contribution in [0.3, 0.4) is 0 Å². The molecule has 86 valence electrons. The van der Waals surface area contributed by atoms with Gasteiger partial charge in [0.1, 0.15) is 6.07 Å². The van der Waals surface area contributed by atoms with Gasteiger partial charge in [0, 0.05) is 10.7 Å². The number of pyridine rings is 1. The number of benzene rings is 1. The van der Waals surface area contributed by atoms with E-state index >= 15 is 0 Å². The highest BCUT2D eigenvalue weighted by Crippen LogP contribution is 2.30. The minimum absolute atomic E-state index is 0.369. The second-order valence-electron chi connectivity index (χ2n) is 3.78. The predicted molar refractivity (Wildman–Crippen MR) is 71.7 cm³/mol. The molecule has 0 bridgehead atoms. The summed E-state index contributed by atoms with van der Waals surface area (Å²) in [5, 5.41) is 16.6. The Bertz CT molecular complexity index is 770. The highest BCUT2D eigenvalue weighted by Gasteiger charge is 2.12. The Balaban J connectivity index is 2.36. The van der Waals surface area contributed by atoms with Gasteiger partial charge < -0.3 is 0 Å². The van der Waals surface area contributed by atoms with Crippen molar-refractivity contribution in [3.05, 3.63) is 46.7 Å². The molecular formula is C13H7BrN4. The first-order valence-electron chi connectivity index (χ1n) is 5.28. The predicted octanol–water partition coefficient (Wildman–Crippen LogP) is 3.26. The Labute approximate surface area is 111 Å². The van der Waals surface area contributed by atoms with Crippen LogP contribution in [0.1, 0.15) is 5.69 Å². The summed E-state index contributed by atoms with van der Waals surface area (Å²) < 4.78 is 0.993. The topological polar surface area (TPSA) is 65.4 Å². The molecule has 1 N–H and O–H groups in total. The fourth-order valence-electron chi connectivity index (χ4n) is 1.93. The number of H-pyrrole nitrogens is 1. The van der Waals surface area contributed by atoms with E-state index in [1.54, 1.807) is 6.20 Å². The Morgan fingerprint density at radius 1 is 1.28 bits per heavy atom. The van der Waals surface area contributed by atoms with Crippen LogP contribution >= 0.6 is 15.9 Å². The zero-order valence-electron chi connectivity index (χ0n) is 9.18. The van der Waals surface area contributed by atoms with Crippen molar-refractivity contribution in [3.63, 3.8) is 0 Å². The maximum Gasteiger partial charge on any atom is 0.172 e. The van der Waals surface area contributed by atoms with Crippen molar-refractivity contribution in [1.82, 2.24) is 15.2 Å². The van der Waals surface area contributed by atoms with E-state index in [1.807, 2.05) is 30.3 Å². The summed E-state index contributed by atoms with van der Waals surface area (Å²) in [4.78, 5) is 4.18. The molecular weight excluding hydrogens is 292 g/mol. The van der Waals surface area contributed by atoms with Gasteiger partial charge in [0.2, 0.25) is 0 Å². The number of fused-ring (bicyclic) bond motifs is 1. The van der Waals surface area contributed by atoms with Gasteiger partial charge in [-0.2, -0.15) is 10.4 Å². The van der Waals surface area contributed by atoms with E-state index in [0.717, 1.165) is 21.0 Å². The SMILES string of the molecule is N#Cc1n[nH]c2nccc(-c3cccc(Br)c3)c12. The highest BCUT2D eigenvalue weighted by molar-refractivity contribution is 9.10. The molecule has 0 atom stereocenters. The first-order chi connectivity index (χ1) is 8.79. The maximum absolute atomic E-state index is 9.08. The number of nitrogens with one attached hydrogen (secondary N) is 1. The van der Waals surface area contributed by atoms with Gasteiger partial charge in [0.15, 0.2) is 11.3 Å². The van der Waals surface area contributed by atoms with Gasteiger partial charge in [-0.25, -0.2) is 4.98 Å². The third-order valence-corrected chi connectivity index (χ3v) is 3.20. The molecule has 5 heteroatoms. The van der Waals surface area contributed by atoms with Crippen LogP contribution in [0, 0.1) is 11.3 Å². The number of halogens is 1. The van der Waals surface area contributed by atoms with Crippen molar-refractivity contribution in [2.75, 3.05) is 0 Å². The smallest absolute Gasteiger partial charge is 0.172 e. The van der Waals surface area contributed by atoms with Crippen LogP contribution in [0.2, 0.25) is 0 Å². The van der Waals surface area contributed by atoms with Crippen LogP contribution in [-0.4, -0.2) is 15.2 Å². The second kappa shape index (κ2) is 4.24. The lowest BCUT2D eigenvalue weighted by atomic mass is 10.0. The van der Waals surface area contributed by atoms with Crippen LogP contribution in [0.15, 0.2) is 41.0 Å². The second-order valence-corrected chi connectivity index (χ2v) is 4.69. The van der Waals surface area contributed by atoms with Gasteiger partial charge in [0.25, 0.3) is 0 Å². The van der Waals surface area contributed by atoms with Crippen LogP contribution in [0.4, 0.5) is 0 Å². The van der Waals surface area contributed by atoms with Crippen molar-refractivity contribution >= 4 is 27.0 Å². The number of nitriles is 1. The molecule has 0 aliphatic rings. The molecule has 18 heavy (non-hydrogen) atoms. The number of hydrogen-bond donors (Lipinski definition) is 1. The fourth-order valence-corrected chi connectivity index (χ4v) is 2.33. The van der Waals surface area contributed by atoms with Gasteiger partial charge in [-0.15, -0.1) is 0 Å². The molecule has 4 nitrogen and oxygen atoms in total. The first-order valence-corrected chi connectivity index (χ1v) is 6.08. The number of hydrogen-bond acceptors (Lipinski definition) is 3. The average molecular weight is 299 g/mol. The number of nitrogens with zero attached hydrogens (tertiary/aromatic N) is 3. The number of rotatable bonds is 1. The molecule has 0 radical (unpaired) electrons.